The van der Waals surface area contributed by atoms with Crippen molar-refractivity contribution in [3.05, 3.63) is 24.3 Å². The largest absolute Gasteiger partial charge is 0.412 e. The third-order valence-corrected chi connectivity index (χ3v) is 1.70. The van der Waals surface area contributed by atoms with Crippen LogP contribution in [0, 0.1) is 10.8 Å². The fourth-order valence-corrected chi connectivity index (χ4v) is 0.903. The molecule has 0 aromatic carbocycles. The molecule has 0 radical (unpaired) electrons. The molecule has 0 aromatic heterocycles. The van der Waals surface area contributed by atoms with Crippen LogP contribution in [0.15, 0.2) is 34.5 Å². The van der Waals surface area contributed by atoms with Crippen molar-refractivity contribution in [2.45, 2.75) is 0 Å². The van der Waals surface area contributed by atoms with Gasteiger partial charge in [-0.2, -0.15) is 10.2 Å². The molecule has 0 saturated carbocycles. The lowest BCUT2D eigenvalue weighted by Crippen LogP contribution is -2.30. The van der Waals surface area contributed by atoms with Crippen molar-refractivity contribution in [3.8, 4) is 0 Å². The van der Waals surface area contributed by atoms with Crippen molar-refractivity contribution in [1.82, 2.24) is 16.2 Å². The minimum Gasteiger partial charge on any atom is -0.412 e. The molecule has 0 saturated heterocycles. The summed E-state index contributed by atoms with van der Waals surface area (Å²) in [5.74, 6) is -0.111. The number of hydrazone groups is 2. The predicted octanol–water partition coefficient (Wildman–Crippen LogP) is -0.930. The summed E-state index contributed by atoms with van der Waals surface area (Å²) in [6, 6.07) is 0. The molecule has 0 spiro atoms. The predicted molar refractivity (Wildman–Crippen MR) is 86.2 cm³/mol. The summed E-state index contributed by atoms with van der Waals surface area (Å²) in [6.45, 7) is 0. The van der Waals surface area contributed by atoms with Crippen LogP contribution in [0.2, 0.25) is 0 Å². The molecule has 1 aliphatic carbocycles. The maximum atomic E-state index is 7.26. The van der Waals surface area contributed by atoms with E-state index in [0.717, 1.165) is 0 Å². The Kier molecular flexibility index (Phi) is 13.8. The Balaban J connectivity index is -0.000000963. The van der Waals surface area contributed by atoms with Gasteiger partial charge in [0.15, 0.2) is 0 Å². The monoisotopic (exact) mass is 324 g/mol. The molecule has 0 heterocycles. The molecule has 1 rings (SSSR count). The van der Waals surface area contributed by atoms with Crippen LogP contribution in [0.25, 0.3) is 0 Å². The summed E-state index contributed by atoms with van der Waals surface area (Å²) in [6.07, 6.45) is 6.85. The number of allylic oxidation sites excluding steroid dienone is 4. The fourth-order valence-electron chi connectivity index (χ4n) is 0.903. The second kappa shape index (κ2) is 12.0. The lowest BCUT2D eigenvalue weighted by molar-refractivity contribution is 0.824. The van der Waals surface area contributed by atoms with E-state index in [4.69, 9.17) is 16.6 Å². The molecule has 0 bridgehead atoms. The van der Waals surface area contributed by atoms with Crippen molar-refractivity contribution < 1.29 is 5.48 Å². The van der Waals surface area contributed by atoms with Gasteiger partial charge in [-0.1, -0.05) is 0 Å². The van der Waals surface area contributed by atoms with E-state index in [1.54, 1.807) is 31.4 Å². The maximum absolute atomic E-state index is 7.26. The molecule has 9 N–H and O–H groups in total. The van der Waals surface area contributed by atoms with Gasteiger partial charge in [0, 0.05) is 7.05 Å². The zero-order chi connectivity index (χ0) is 12.7. The van der Waals surface area contributed by atoms with Crippen LogP contribution in [0.4, 0.5) is 0 Å². The number of nitrogens with one attached hydrogen (secondary N) is 5. The van der Waals surface area contributed by atoms with Crippen LogP contribution in [-0.4, -0.2) is 35.9 Å². The Morgan fingerprint density at radius 3 is 1.75 bits per heavy atom. The first-order valence-corrected chi connectivity index (χ1v) is 4.75. The highest BCUT2D eigenvalue weighted by atomic mass is 35.5. The van der Waals surface area contributed by atoms with E-state index in [0.29, 0.717) is 11.4 Å². The summed E-state index contributed by atoms with van der Waals surface area (Å²) in [5.41, 5.74) is 11.2. The van der Waals surface area contributed by atoms with Crippen molar-refractivity contribution in [2.24, 2.45) is 15.9 Å². The van der Waals surface area contributed by atoms with Crippen molar-refractivity contribution in [2.75, 3.05) is 7.05 Å². The Hall–Kier alpha value is -2.10. The quantitative estimate of drug-likeness (QED) is 0.167. The highest BCUT2D eigenvalue weighted by Gasteiger charge is 1.99. The van der Waals surface area contributed by atoms with Gasteiger partial charge >= 0.3 is 0 Å². The summed E-state index contributed by atoms with van der Waals surface area (Å²) >= 11 is 0. The standard InChI is InChI=1S/C9H14N8.2ClH.H2O/c1-13-9(12)17-15-7-4-2-6(3-5-7)14-16-8(10)11;;;/h2-5H,1H3,(H4,10,11,16)(H3,12,13,17);2*1H;1H2. The number of hydrogen-bond acceptors (Lipinski definition) is 4. The molecule has 0 unspecified atom stereocenters. The maximum Gasteiger partial charge on any atom is 0.209 e. The Bertz CT molecular complexity index is 425. The molecule has 0 amide bonds. The van der Waals surface area contributed by atoms with E-state index in [2.05, 4.69) is 26.4 Å². The number of nitrogens with zero attached hydrogens (tertiary/aromatic N) is 2. The highest BCUT2D eigenvalue weighted by Crippen LogP contribution is 1.96. The summed E-state index contributed by atoms with van der Waals surface area (Å²) in [7, 11) is 1.63. The molecule has 20 heavy (non-hydrogen) atoms. The van der Waals surface area contributed by atoms with Crippen molar-refractivity contribution in [3.63, 3.8) is 0 Å². The van der Waals surface area contributed by atoms with Gasteiger partial charge in [0.2, 0.25) is 11.9 Å². The van der Waals surface area contributed by atoms with Gasteiger partial charge in [-0.25, -0.2) is 10.9 Å². The number of halogens is 2. The van der Waals surface area contributed by atoms with Crippen molar-refractivity contribution >= 4 is 48.2 Å². The van der Waals surface area contributed by atoms with E-state index >= 15 is 0 Å². The number of rotatable bonds is 2. The lowest BCUT2D eigenvalue weighted by Gasteiger charge is -2.04. The van der Waals surface area contributed by atoms with Gasteiger partial charge in [-0.05, 0) is 24.3 Å². The topological polar surface area (TPSA) is 166 Å². The Labute approximate surface area is 128 Å². The minimum atomic E-state index is -0.220. The molecule has 0 aromatic rings. The summed E-state index contributed by atoms with van der Waals surface area (Å²) in [4.78, 5) is 0. The molecule has 0 atom stereocenters. The number of hydrogen-bond donors (Lipinski definition) is 6. The molecule has 1 aliphatic rings. The average molecular weight is 325 g/mol. The number of nitrogens with two attached hydrogens (primary N) is 1. The molecule has 9 nitrogen and oxygen atoms in total. The zero-order valence-electron chi connectivity index (χ0n) is 10.6. The SMILES string of the molecule is CNC(=N)NN=C1C=CC(=NNC(=N)N)C=C1.Cl.Cl.O. The summed E-state index contributed by atoms with van der Waals surface area (Å²) < 4.78 is 0. The van der Waals surface area contributed by atoms with Gasteiger partial charge in [-0.15, -0.1) is 24.8 Å². The fraction of sp³-hybridized carbons (Fsp3) is 0.111. The Morgan fingerprint density at radius 1 is 1.00 bits per heavy atom. The van der Waals surface area contributed by atoms with Crippen LogP contribution < -0.4 is 21.9 Å². The van der Waals surface area contributed by atoms with Gasteiger partial charge < -0.3 is 16.5 Å². The van der Waals surface area contributed by atoms with E-state index < -0.39 is 0 Å². The first-order chi connectivity index (χ1) is 8.11. The molecular weight excluding hydrogens is 307 g/mol. The van der Waals surface area contributed by atoms with Crippen LogP contribution in [0.5, 0.6) is 0 Å². The van der Waals surface area contributed by atoms with E-state index in [1.807, 2.05) is 0 Å². The molecule has 0 fully saturated rings. The van der Waals surface area contributed by atoms with E-state index in [1.165, 1.54) is 0 Å². The highest BCUT2D eigenvalue weighted by molar-refractivity contribution is 6.18. The average Bonchev–Trinajstić information content (AvgIpc) is 2.34. The van der Waals surface area contributed by atoms with Gasteiger partial charge in [0.25, 0.3) is 0 Å². The van der Waals surface area contributed by atoms with Gasteiger partial charge in [0.1, 0.15) is 0 Å². The first kappa shape index (κ1) is 23.0. The van der Waals surface area contributed by atoms with Gasteiger partial charge in [0.05, 0.1) is 11.4 Å². The smallest absolute Gasteiger partial charge is 0.209 e. The molecule has 114 valence electrons. The normalized spacial score (nSPS) is 11.1. The van der Waals surface area contributed by atoms with Crippen LogP contribution in [-0.2, 0) is 0 Å². The lowest BCUT2D eigenvalue weighted by atomic mass is 10.1. The number of guanidine groups is 2. The van der Waals surface area contributed by atoms with Crippen molar-refractivity contribution in [1.29, 1.82) is 10.8 Å². The second-order valence-electron chi connectivity index (χ2n) is 3.00. The van der Waals surface area contributed by atoms with Crippen LogP contribution >= 0.6 is 24.8 Å². The third-order valence-electron chi connectivity index (χ3n) is 1.70. The summed E-state index contributed by atoms with van der Waals surface area (Å²) in [5, 5.41) is 24.6. The van der Waals surface area contributed by atoms with E-state index in [9.17, 15) is 0 Å². The second-order valence-corrected chi connectivity index (χ2v) is 3.00. The first-order valence-electron chi connectivity index (χ1n) is 4.75. The van der Waals surface area contributed by atoms with Crippen LogP contribution in [0.1, 0.15) is 0 Å². The molecule has 11 heteroatoms. The van der Waals surface area contributed by atoms with Crippen LogP contribution in [0.3, 0.4) is 0 Å². The third kappa shape index (κ3) is 8.91. The van der Waals surface area contributed by atoms with Gasteiger partial charge in [-0.3, -0.25) is 10.8 Å². The molecular formula is C9H18Cl2N8O. The minimum absolute atomic E-state index is 0. The Morgan fingerprint density at radius 2 is 1.40 bits per heavy atom. The van der Waals surface area contributed by atoms with E-state index in [-0.39, 0.29) is 42.2 Å². The zero-order valence-corrected chi connectivity index (χ0v) is 12.2. The molecule has 0 aliphatic heterocycles.